The second-order valence-corrected chi connectivity index (χ2v) is 5.95. The van der Waals surface area contributed by atoms with Crippen molar-refractivity contribution >= 4 is 23.2 Å². The largest absolute Gasteiger partial charge is 0.367 e. The summed E-state index contributed by atoms with van der Waals surface area (Å²) >= 11 is 5.87. The minimum absolute atomic E-state index is 0.00543. The molecule has 2 fully saturated rings. The minimum atomic E-state index is -0.374. The lowest BCUT2D eigenvalue weighted by atomic mass is 10.2. The number of carbonyl (C=O) groups excluding carboxylic acids is 1. The van der Waals surface area contributed by atoms with Gasteiger partial charge in [0.25, 0.3) is 0 Å². The Morgan fingerprint density at radius 2 is 1.86 bits per heavy atom. The highest BCUT2D eigenvalue weighted by Gasteiger charge is 2.34. The maximum absolute atomic E-state index is 12.3. The molecule has 1 aromatic rings. The fraction of sp³-hybridized carbons (Fsp3) is 0.500. The second kappa shape index (κ2) is 6.62. The lowest BCUT2D eigenvalue weighted by Crippen LogP contribution is -2.52. The molecule has 5 N–H and O–H groups in total. The molecule has 0 spiro atoms. The highest BCUT2D eigenvalue weighted by molar-refractivity contribution is 6.30. The Labute approximate surface area is 128 Å². The summed E-state index contributed by atoms with van der Waals surface area (Å²) in [6.45, 7) is 0. The van der Waals surface area contributed by atoms with Gasteiger partial charge in [0.05, 0.1) is 0 Å². The van der Waals surface area contributed by atoms with Gasteiger partial charge in [-0.3, -0.25) is 4.79 Å². The van der Waals surface area contributed by atoms with E-state index in [1.807, 2.05) is 24.3 Å². The van der Waals surface area contributed by atoms with E-state index < -0.39 is 0 Å². The molecule has 0 radical (unpaired) electrons. The van der Waals surface area contributed by atoms with Crippen molar-refractivity contribution in [3.8, 4) is 0 Å². The van der Waals surface area contributed by atoms with Gasteiger partial charge in [-0.15, -0.1) is 0 Å². The van der Waals surface area contributed by atoms with Gasteiger partial charge in [-0.05, 0) is 37.1 Å². The molecule has 3 rings (SSSR count). The van der Waals surface area contributed by atoms with E-state index >= 15 is 0 Å². The number of halogens is 1. The van der Waals surface area contributed by atoms with E-state index in [4.69, 9.17) is 11.6 Å². The van der Waals surface area contributed by atoms with Crippen molar-refractivity contribution in [2.24, 2.45) is 0 Å². The lowest BCUT2D eigenvalue weighted by Gasteiger charge is -2.21. The predicted octanol–water partition coefficient (Wildman–Crippen LogP) is 1.12. The third-order valence-corrected chi connectivity index (χ3v) is 4.19. The summed E-state index contributed by atoms with van der Waals surface area (Å²) in [7, 11) is 0. The summed E-state index contributed by atoms with van der Waals surface area (Å²) in [5.41, 5.74) is 9.67. The van der Waals surface area contributed by atoms with Crippen molar-refractivity contribution in [3.05, 3.63) is 29.3 Å². The average Bonchev–Trinajstić information content (AvgIpc) is 3.13. The molecule has 1 amide bonds. The molecule has 0 aromatic heterocycles. The number of hydrazine groups is 2. The second-order valence-electron chi connectivity index (χ2n) is 5.51. The highest BCUT2D eigenvalue weighted by atomic mass is 35.5. The van der Waals surface area contributed by atoms with Gasteiger partial charge in [-0.2, -0.15) is 5.53 Å². The summed E-state index contributed by atoms with van der Waals surface area (Å²) in [6.07, 6.45) is 4.33. The number of hydrogen-bond acceptors (Lipinski definition) is 5. The Hall–Kier alpha value is -1.34. The molecule has 2 atom stereocenters. The first-order valence-electron chi connectivity index (χ1n) is 7.31. The number of carbonyl (C=O) groups is 1. The monoisotopic (exact) mass is 309 g/mol. The first-order valence-corrected chi connectivity index (χ1v) is 7.69. The maximum Gasteiger partial charge on any atom is 0.242 e. The summed E-state index contributed by atoms with van der Waals surface area (Å²) in [5.74, 6) is 0.00543. The van der Waals surface area contributed by atoms with Crippen molar-refractivity contribution in [1.82, 2.24) is 21.7 Å². The lowest BCUT2D eigenvalue weighted by molar-refractivity contribution is -0.123. The SMILES string of the molecule is O=C(NC1CCCC1)C1NNNC1Nc1ccc(Cl)cc1. The summed E-state index contributed by atoms with van der Waals surface area (Å²) in [5, 5.41) is 7.06. The summed E-state index contributed by atoms with van der Waals surface area (Å²) in [6, 6.07) is 7.33. The normalized spacial score (nSPS) is 26.0. The van der Waals surface area contributed by atoms with E-state index in [1.54, 1.807) is 0 Å². The molecule has 2 aliphatic rings. The van der Waals surface area contributed by atoms with E-state index in [-0.39, 0.29) is 18.1 Å². The van der Waals surface area contributed by atoms with Crippen molar-refractivity contribution in [2.75, 3.05) is 5.32 Å². The van der Waals surface area contributed by atoms with Crippen LogP contribution in [0.2, 0.25) is 5.02 Å². The molecular weight excluding hydrogens is 290 g/mol. The standard InChI is InChI=1S/C14H20ClN5O/c15-9-5-7-11(8-6-9)16-13-12(18-20-19-13)14(21)17-10-3-1-2-4-10/h5-8,10,12-13,16,18-20H,1-4H2,(H,17,21). The molecule has 6 nitrogen and oxygen atoms in total. The number of amides is 1. The fourth-order valence-corrected chi connectivity index (χ4v) is 2.91. The number of anilines is 1. The zero-order chi connectivity index (χ0) is 14.7. The van der Waals surface area contributed by atoms with Gasteiger partial charge in [-0.1, -0.05) is 24.4 Å². The number of benzene rings is 1. The molecule has 2 unspecified atom stereocenters. The molecule has 1 aliphatic heterocycles. The first kappa shape index (κ1) is 14.6. The van der Waals surface area contributed by atoms with Crippen LogP contribution in [0.25, 0.3) is 0 Å². The van der Waals surface area contributed by atoms with Crippen LogP contribution >= 0.6 is 11.6 Å². The van der Waals surface area contributed by atoms with Crippen molar-refractivity contribution < 1.29 is 4.79 Å². The van der Waals surface area contributed by atoms with Crippen LogP contribution in [0.5, 0.6) is 0 Å². The van der Waals surface area contributed by atoms with Crippen LogP contribution in [0, 0.1) is 0 Å². The van der Waals surface area contributed by atoms with Gasteiger partial charge in [-0.25, -0.2) is 10.9 Å². The van der Waals surface area contributed by atoms with Crippen LogP contribution < -0.4 is 27.0 Å². The zero-order valence-electron chi connectivity index (χ0n) is 11.7. The summed E-state index contributed by atoms with van der Waals surface area (Å²) < 4.78 is 0. The Morgan fingerprint density at radius 1 is 1.14 bits per heavy atom. The van der Waals surface area contributed by atoms with Gasteiger partial charge in [0, 0.05) is 16.8 Å². The molecule has 1 heterocycles. The van der Waals surface area contributed by atoms with Crippen molar-refractivity contribution in [2.45, 2.75) is 43.9 Å². The average molecular weight is 310 g/mol. The van der Waals surface area contributed by atoms with Crippen LogP contribution in [-0.4, -0.2) is 24.2 Å². The van der Waals surface area contributed by atoms with Crippen molar-refractivity contribution in [3.63, 3.8) is 0 Å². The van der Waals surface area contributed by atoms with Crippen molar-refractivity contribution in [1.29, 1.82) is 0 Å². The Kier molecular flexibility index (Phi) is 4.60. The highest BCUT2D eigenvalue weighted by Crippen LogP contribution is 2.18. The van der Waals surface area contributed by atoms with E-state index in [0.29, 0.717) is 11.1 Å². The van der Waals surface area contributed by atoms with Crippen LogP contribution in [-0.2, 0) is 4.79 Å². The molecule has 1 saturated heterocycles. The Bertz CT molecular complexity index is 489. The first-order chi connectivity index (χ1) is 10.2. The van der Waals surface area contributed by atoms with Gasteiger partial charge in [0.15, 0.2) is 0 Å². The van der Waals surface area contributed by atoms with Crippen LogP contribution in [0.3, 0.4) is 0 Å². The van der Waals surface area contributed by atoms with E-state index in [1.165, 1.54) is 12.8 Å². The quantitative estimate of drug-likeness (QED) is 0.576. The minimum Gasteiger partial charge on any atom is -0.367 e. The smallest absolute Gasteiger partial charge is 0.242 e. The molecule has 0 bridgehead atoms. The molecule has 1 saturated carbocycles. The third kappa shape index (κ3) is 3.65. The van der Waals surface area contributed by atoms with E-state index in [0.717, 1.165) is 18.5 Å². The predicted molar refractivity (Wildman–Crippen MR) is 82.5 cm³/mol. The van der Waals surface area contributed by atoms with Gasteiger partial charge in [0.2, 0.25) is 5.91 Å². The maximum atomic E-state index is 12.3. The topological polar surface area (TPSA) is 77.2 Å². The van der Waals surface area contributed by atoms with Gasteiger partial charge < -0.3 is 10.6 Å². The zero-order valence-corrected chi connectivity index (χ0v) is 12.4. The molecule has 114 valence electrons. The number of nitrogens with one attached hydrogen (secondary N) is 5. The van der Waals surface area contributed by atoms with Crippen LogP contribution in [0.1, 0.15) is 25.7 Å². The molecule has 7 heteroatoms. The number of rotatable bonds is 4. The van der Waals surface area contributed by atoms with Gasteiger partial charge >= 0.3 is 0 Å². The van der Waals surface area contributed by atoms with Gasteiger partial charge in [0.1, 0.15) is 12.2 Å². The Balaban J connectivity index is 1.59. The Morgan fingerprint density at radius 3 is 2.57 bits per heavy atom. The summed E-state index contributed by atoms with van der Waals surface area (Å²) in [4.78, 5) is 12.3. The van der Waals surface area contributed by atoms with E-state index in [9.17, 15) is 4.79 Å². The fourth-order valence-electron chi connectivity index (χ4n) is 2.79. The third-order valence-electron chi connectivity index (χ3n) is 3.94. The number of hydrogen-bond donors (Lipinski definition) is 5. The van der Waals surface area contributed by atoms with E-state index in [2.05, 4.69) is 27.0 Å². The molecular formula is C14H20ClN5O. The van der Waals surface area contributed by atoms with Crippen LogP contribution in [0.15, 0.2) is 24.3 Å². The molecule has 21 heavy (non-hydrogen) atoms. The molecule has 1 aliphatic carbocycles. The van der Waals surface area contributed by atoms with Crippen LogP contribution in [0.4, 0.5) is 5.69 Å². The molecule has 1 aromatic carbocycles.